The minimum atomic E-state index is -0.175. The standard InChI is InChI=1S/C22H22ClN3O2/c1-2-18(15-8-4-3-5-9-15)22(27)26-13-7-12-19(26)21-24-20(25-28-21)16-10-6-11-17(23)14-16/h3-6,8-11,14,18-19H,2,7,12-13H2,1H3. The van der Waals surface area contributed by atoms with Gasteiger partial charge in [-0.2, -0.15) is 4.98 Å². The van der Waals surface area contributed by atoms with Crippen LogP contribution in [0.15, 0.2) is 59.1 Å². The Kier molecular flexibility index (Phi) is 5.44. The van der Waals surface area contributed by atoms with E-state index in [1.165, 1.54) is 0 Å². The van der Waals surface area contributed by atoms with E-state index >= 15 is 0 Å². The van der Waals surface area contributed by atoms with Crippen LogP contribution in [0.4, 0.5) is 0 Å². The molecular formula is C22H22ClN3O2. The number of benzene rings is 2. The van der Waals surface area contributed by atoms with Crippen molar-refractivity contribution >= 4 is 17.5 Å². The molecule has 6 heteroatoms. The van der Waals surface area contributed by atoms with Crippen LogP contribution < -0.4 is 0 Å². The summed E-state index contributed by atoms with van der Waals surface area (Å²) in [7, 11) is 0. The fourth-order valence-electron chi connectivity index (χ4n) is 3.84. The zero-order valence-electron chi connectivity index (χ0n) is 15.7. The first-order valence-electron chi connectivity index (χ1n) is 9.62. The van der Waals surface area contributed by atoms with Gasteiger partial charge in [0.1, 0.15) is 6.04 Å². The van der Waals surface area contributed by atoms with E-state index < -0.39 is 0 Å². The first kappa shape index (κ1) is 18.7. The first-order chi connectivity index (χ1) is 13.7. The number of carbonyl (C=O) groups excluding carboxylic acids is 1. The zero-order chi connectivity index (χ0) is 19.5. The molecule has 0 bridgehead atoms. The first-order valence-corrected chi connectivity index (χ1v) is 10.00. The van der Waals surface area contributed by atoms with Crippen molar-refractivity contribution < 1.29 is 9.32 Å². The van der Waals surface area contributed by atoms with Gasteiger partial charge in [0, 0.05) is 17.1 Å². The van der Waals surface area contributed by atoms with Gasteiger partial charge in [0.25, 0.3) is 0 Å². The molecule has 3 aromatic rings. The minimum absolute atomic E-state index is 0.124. The molecule has 1 aliphatic heterocycles. The van der Waals surface area contributed by atoms with Crippen LogP contribution in [0, 0.1) is 0 Å². The molecule has 4 rings (SSSR count). The van der Waals surface area contributed by atoms with Crippen LogP contribution >= 0.6 is 11.6 Å². The molecule has 1 aliphatic rings. The highest BCUT2D eigenvalue weighted by Crippen LogP contribution is 2.35. The number of carbonyl (C=O) groups is 1. The maximum atomic E-state index is 13.3. The van der Waals surface area contributed by atoms with Gasteiger partial charge >= 0.3 is 0 Å². The Bertz CT molecular complexity index is 957. The predicted molar refractivity (Wildman–Crippen MR) is 108 cm³/mol. The van der Waals surface area contributed by atoms with Gasteiger partial charge in [0.05, 0.1) is 5.92 Å². The van der Waals surface area contributed by atoms with Crippen molar-refractivity contribution in [2.45, 2.75) is 38.1 Å². The number of amides is 1. The maximum absolute atomic E-state index is 13.3. The molecule has 0 saturated carbocycles. The number of likely N-dealkylation sites (tertiary alicyclic amines) is 1. The van der Waals surface area contributed by atoms with Gasteiger partial charge in [0.2, 0.25) is 17.6 Å². The molecular weight excluding hydrogens is 374 g/mol. The van der Waals surface area contributed by atoms with E-state index in [0.29, 0.717) is 23.3 Å². The van der Waals surface area contributed by atoms with Gasteiger partial charge in [0.15, 0.2) is 0 Å². The molecule has 2 aromatic carbocycles. The summed E-state index contributed by atoms with van der Waals surface area (Å²) in [5.41, 5.74) is 1.85. The summed E-state index contributed by atoms with van der Waals surface area (Å²) >= 11 is 6.06. The topological polar surface area (TPSA) is 59.2 Å². The summed E-state index contributed by atoms with van der Waals surface area (Å²) in [5.74, 6) is 0.950. The fourth-order valence-corrected chi connectivity index (χ4v) is 4.03. The lowest BCUT2D eigenvalue weighted by atomic mass is 9.94. The lowest BCUT2D eigenvalue weighted by Crippen LogP contribution is -2.34. The molecule has 2 unspecified atom stereocenters. The molecule has 0 N–H and O–H groups in total. The van der Waals surface area contributed by atoms with Crippen LogP contribution in [-0.2, 0) is 4.79 Å². The van der Waals surface area contributed by atoms with Crippen molar-refractivity contribution in [1.29, 1.82) is 0 Å². The Hall–Kier alpha value is -2.66. The van der Waals surface area contributed by atoms with Gasteiger partial charge < -0.3 is 9.42 Å². The second-order valence-corrected chi connectivity index (χ2v) is 7.46. The number of halogens is 1. The van der Waals surface area contributed by atoms with Crippen LogP contribution in [0.1, 0.15) is 49.6 Å². The molecule has 1 fully saturated rings. The normalized spacial score (nSPS) is 17.6. The number of aromatic nitrogens is 2. The SMILES string of the molecule is CCC(C(=O)N1CCCC1c1nc(-c2cccc(Cl)c2)no1)c1ccccc1. The van der Waals surface area contributed by atoms with Crippen molar-refractivity contribution in [1.82, 2.24) is 15.0 Å². The lowest BCUT2D eigenvalue weighted by Gasteiger charge is -2.26. The smallest absolute Gasteiger partial charge is 0.249 e. The highest BCUT2D eigenvalue weighted by Gasteiger charge is 2.37. The molecule has 2 atom stereocenters. The molecule has 144 valence electrons. The largest absolute Gasteiger partial charge is 0.337 e. The Morgan fingerprint density at radius 2 is 2.07 bits per heavy atom. The highest BCUT2D eigenvalue weighted by atomic mass is 35.5. The lowest BCUT2D eigenvalue weighted by molar-refractivity contribution is -0.134. The van der Waals surface area contributed by atoms with Crippen LogP contribution in [0.2, 0.25) is 5.02 Å². The van der Waals surface area contributed by atoms with Gasteiger partial charge in [-0.05, 0) is 37.0 Å². The van der Waals surface area contributed by atoms with Crippen molar-refractivity contribution in [3.05, 3.63) is 71.1 Å². The van der Waals surface area contributed by atoms with E-state index in [2.05, 4.69) is 10.1 Å². The van der Waals surface area contributed by atoms with E-state index in [9.17, 15) is 4.79 Å². The summed E-state index contributed by atoms with van der Waals surface area (Å²) < 4.78 is 5.54. The monoisotopic (exact) mass is 395 g/mol. The highest BCUT2D eigenvalue weighted by molar-refractivity contribution is 6.30. The summed E-state index contributed by atoms with van der Waals surface area (Å²) in [6.07, 6.45) is 2.51. The molecule has 1 amide bonds. The van der Waals surface area contributed by atoms with Crippen molar-refractivity contribution in [2.75, 3.05) is 6.54 Å². The van der Waals surface area contributed by atoms with Crippen LogP contribution in [0.3, 0.4) is 0 Å². The zero-order valence-corrected chi connectivity index (χ0v) is 16.5. The van der Waals surface area contributed by atoms with E-state index in [0.717, 1.165) is 30.4 Å². The van der Waals surface area contributed by atoms with Crippen LogP contribution in [0.25, 0.3) is 11.4 Å². The van der Waals surface area contributed by atoms with Crippen molar-refractivity contribution in [3.8, 4) is 11.4 Å². The third-order valence-electron chi connectivity index (χ3n) is 5.25. The van der Waals surface area contributed by atoms with Crippen LogP contribution in [0.5, 0.6) is 0 Å². The second-order valence-electron chi connectivity index (χ2n) is 7.03. The Labute approximate surface area is 169 Å². The van der Waals surface area contributed by atoms with Gasteiger partial charge in [-0.1, -0.05) is 66.1 Å². The van der Waals surface area contributed by atoms with Gasteiger partial charge in [-0.25, -0.2) is 0 Å². The third kappa shape index (κ3) is 3.67. The molecule has 5 nitrogen and oxygen atoms in total. The fraction of sp³-hybridized carbons (Fsp3) is 0.318. The number of nitrogens with zero attached hydrogens (tertiary/aromatic N) is 3. The van der Waals surface area contributed by atoms with E-state index in [1.807, 2.05) is 54.3 Å². The summed E-state index contributed by atoms with van der Waals surface area (Å²) in [6.45, 7) is 2.76. The molecule has 2 heterocycles. The molecule has 0 spiro atoms. The molecule has 1 saturated heterocycles. The summed E-state index contributed by atoms with van der Waals surface area (Å²) in [5, 5.41) is 4.73. The van der Waals surface area contributed by atoms with E-state index in [4.69, 9.17) is 16.1 Å². The molecule has 28 heavy (non-hydrogen) atoms. The average molecular weight is 396 g/mol. The average Bonchev–Trinajstić information content (AvgIpc) is 3.39. The second kappa shape index (κ2) is 8.15. The van der Waals surface area contributed by atoms with Crippen molar-refractivity contribution in [2.24, 2.45) is 0 Å². The summed E-state index contributed by atoms with van der Waals surface area (Å²) in [4.78, 5) is 19.8. The van der Waals surface area contributed by atoms with Crippen molar-refractivity contribution in [3.63, 3.8) is 0 Å². The number of hydrogen-bond donors (Lipinski definition) is 0. The number of hydrogen-bond acceptors (Lipinski definition) is 4. The van der Waals surface area contributed by atoms with E-state index in [1.54, 1.807) is 12.1 Å². The van der Waals surface area contributed by atoms with E-state index in [-0.39, 0.29) is 17.9 Å². The molecule has 0 aliphatic carbocycles. The Morgan fingerprint density at radius 1 is 1.25 bits per heavy atom. The molecule has 1 aromatic heterocycles. The summed E-state index contributed by atoms with van der Waals surface area (Å²) in [6, 6.07) is 17.1. The Morgan fingerprint density at radius 3 is 2.82 bits per heavy atom. The third-order valence-corrected chi connectivity index (χ3v) is 5.49. The number of rotatable bonds is 5. The van der Waals surface area contributed by atoms with Gasteiger partial charge in [-0.3, -0.25) is 4.79 Å². The van der Waals surface area contributed by atoms with Gasteiger partial charge in [-0.15, -0.1) is 0 Å². The Balaban J connectivity index is 1.58. The van der Waals surface area contributed by atoms with Crippen LogP contribution in [-0.4, -0.2) is 27.5 Å². The predicted octanol–water partition coefficient (Wildman–Crippen LogP) is 5.25. The molecule has 0 radical (unpaired) electrons. The minimum Gasteiger partial charge on any atom is -0.337 e. The quantitative estimate of drug-likeness (QED) is 0.592. The maximum Gasteiger partial charge on any atom is 0.249 e.